The number of amides is 1. The molecule has 0 radical (unpaired) electrons. The van der Waals surface area contributed by atoms with E-state index in [0.29, 0.717) is 11.5 Å². The zero-order valence-electron chi connectivity index (χ0n) is 14.2. The molecule has 0 aliphatic rings. The lowest BCUT2D eigenvalue weighted by Crippen LogP contribution is -2.41. The van der Waals surface area contributed by atoms with Crippen LogP contribution < -0.4 is 15.0 Å². The maximum Gasteiger partial charge on any atom is 0.301 e. The molecule has 0 aliphatic heterocycles. The standard InChI is InChI=1S/C18H14Cl2N2O5S/c19-15-8-7-14(10-16(15)20)28(24,25)22-21-18(23)17-9-6-13(27-17)11-26-12-4-2-1-3-5-12/h1-10,22H,11H2,(H,21,23). The molecule has 0 fully saturated rings. The van der Waals surface area contributed by atoms with Crippen molar-refractivity contribution in [1.29, 1.82) is 0 Å². The van der Waals surface area contributed by atoms with Gasteiger partial charge in [-0.15, -0.1) is 4.83 Å². The normalized spacial score (nSPS) is 11.2. The van der Waals surface area contributed by atoms with Gasteiger partial charge < -0.3 is 9.15 Å². The first kappa shape index (κ1) is 20.2. The minimum atomic E-state index is -4.03. The maximum absolute atomic E-state index is 12.2. The monoisotopic (exact) mass is 440 g/mol. The van der Waals surface area contributed by atoms with Gasteiger partial charge in [0.2, 0.25) is 0 Å². The molecule has 0 saturated carbocycles. The predicted octanol–water partition coefficient (Wildman–Crippen LogP) is 3.79. The Bertz CT molecular complexity index is 1080. The summed E-state index contributed by atoms with van der Waals surface area (Å²) in [5.74, 6) is 0.207. The molecule has 10 heteroatoms. The van der Waals surface area contributed by atoms with E-state index in [2.05, 4.69) is 5.43 Å². The van der Waals surface area contributed by atoms with Crippen molar-refractivity contribution in [3.8, 4) is 5.75 Å². The highest BCUT2D eigenvalue weighted by atomic mass is 35.5. The average molecular weight is 441 g/mol. The van der Waals surface area contributed by atoms with E-state index in [4.69, 9.17) is 32.4 Å². The number of para-hydroxylation sites is 1. The lowest BCUT2D eigenvalue weighted by molar-refractivity contribution is 0.0913. The van der Waals surface area contributed by atoms with Crippen LogP contribution in [0.15, 0.2) is 70.0 Å². The van der Waals surface area contributed by atoms with Gasteiger partial charge >= 0.3 is 5.91 Å². The van der Waals surface area contributed by atoms with Gasteiger partial charge in [0.1, 0.15) is 18.1 Å². The second-order valence-electron chi connectivity index (χ2n) is 5.50. The number of benzene rings is 2. The number of ether oxygens (including phenoxy) is 1. The second-order valence-corrected chi connectivity index (χ2v) is 8.00. The highest BCUT2D eigenvalue weighted by Gasteiger charge is 2.18. The number of carbonyl (C=O) groups excluding carboxylic acids is 1. The van der Waals surface area contributed by atoms with Crippen LogP contribution in [0.25, 0.3) is 0 Å². The Morgan fingerprint density at radius 2 is 1.75 bits per heavy atom. The van der Waals surface area contributed by atoms with Gasteiger partial charge in [0.25, 0.3) is 10.0 Å². The van der Waals surface area contributed by atoms with Gasteiger partial charge in [-0.1, -0.05) is 41.4 Å². The summed E-state index contributed by atoms with van der Waals surface area (Å²) in [4.78, 5) is 13.9. The number of carbonyl (C=O) groups is 1. The van der Waals surface area contributed by atoms with Gasteiger partial charge in [-0.05, 0) is 42.5 Å². The van der Waals surface area contributed by atoms with Gasteiger partial charge in [-0.25, -0.2) is 8.42 Å². The molecule has 1 amide bonds. The molecule has 3 aromatic rings. The highest BCUT2D eigenvalue weighted by Crippen LogP contribution is 2.24. The molecule has 0 saturated heterocycles. The van der Waals surface area contributed by atoms with Crippen molar-refractivity contribution in [3.05, 3.63) is 82.2 Å². The van der Waals surface area contributed by atoms with Crippen LogP contribution in [0.5, 0.6) is 5.75 Å². The first-order valence-electron chi connectivity index (χ1n) is 7.89. The minimum absolute atomic E-state index is 0.0740. The Balaban J connectivity index is 1.59. The molecule has 3 rings (SSSR count). The molecular formula is C18H14Cl2N2O5S. The van der Waals surface area contributed by atoms with Crippen molar-refractivity contribution < 1.29 is 22.4 Å². The first-order chi connectivity index (χ1) is 13.3. The Labute approximate surface area is 171 Å². The highest BCUT2D eigenvalue weighted by molar-refractivity contribution is 7.89. The molecule has 0 spiro atoms. The van der Waals surface area contributed by atoms with Crippen molar-refractivity contribution in [2.75, 3.05) is 0 Å². The smallest absolute Gasteiger partial charge is 0.301 e. The zero-order chi connectivity index (χ0) is 20.1. The van der Waals surface area contributed by atoms with E-state index in [1.807, 2.05) is 23.0 Å². The summed E-state index contributed by atoms with van der Waals surface area (Å²) in [5, 5.41) is 0.287. The van der Waals surface area contributed by atoms with Crippen molar-refractivity contribution in [1.82, 2.24) is 10.3 Å². The van der Waals surface area contributed by atoms with Crippen molar-refractivity contribution in [2.24, 2.45) is 0 Å². The molecule has 1 heterocycles. The quantitative estimate of drug-likeness (QED) is 0.544. The Hall–Kier alpha value is -2.52. The van der Waals surface area contributed by atoms with E-state index in [-0.39, 0.29) is 27.3 Å². The molecular weight excluding hydrogens is 427 g/mol. The van der Waals surface area contributed by atoms with Crippen molar-refractivity contribution in [3.63, 3.8) is 0 Å². The largest absolute Gasteiger partial charge is 0.486 e. The number of sulfonamides is 1. The van der Waals surface area contributed by atoms with E-state index in [0.717, 1.165) is 0 Å². The van der Waals surface area contributed by atoms with Crippen LogP contribution in [0.3, 0.4) is 0 Å². The van der Waals surface area contributed by atoms with Gasteiger partial charge in [0, 0.05) is 0 Å². The van der Waals surface area contributed by atoms with E-state index in [9.17, 15) is 13.2 Å². The van der Waals surface area contributed by atoms with Crippen LogP contribution in [-0.4, -0.2) is 14.3 Å². The average Bonchev–Trinajstić information content (AvgIpc) is 3.16. The third-order valence-electron chi connectivity index (χ3n) is 3.51. The van der Waals surface area contributed by atoms with E-state index < -0.39 is 15.9 Å². The molecule has 0 atom stereocenters. The Morgan fingerprint density at radius 3 is 2.46 bits per heavy atom. The van der Waals surface area contributed by atoms with Crippen LogP contribution >= 0.6 is 23.2 Å². The number of nitrogens with one attached hydrogen (secondary N) is 2. The SMILES string of the molecule is O=C(NNS(=O)(=O)c1ccc(Cl)c(Cl)c1)c1ccc(COc2ccccc2)o1. The Morgan fingerprint density at radius 1 is 1.00 bits per heavy atom. The summed E-state index contributed by atoms with van der Waals surface area (Å²) in [7, 11) is -4.03. The van der Waals surface area contributed by atoms with Crippen LogP contribution in [0, 0.1) is 0 Å². The minimum Gasteiger partial charge on any atom is -0.486 e. The van der Waals surface area contributed by atoms with E-state index in [1.54, 1.807) is 18.2 Å². The third-order valence-corrected chi connectivity index (χ3v) is 5.49. The number of rotatable bonds is 7. The molecule has 0 bridgehead atoms. The maximum atomic E-state index is 12.2. The summed E-state index contributed by atoms with van der Waals surface area (Å²) in [6.45, 7) is 0.117. The van der Waals surface area contributed by atoms with Gasteiger partial charge in [0.15, 0.2) is 5.76 Å². The number of hydrogen-bond acceptors (Lipinski definition) is 5. The summed E-state index contributed by atoms with van der Waals surface area (Å²) >= 11 is 11.6. The fourth-order valence-corrected chi connectivity index (χ4v) is 3.35. The van der Waals surface area contributed by atoms with Crippen LogP contribution in [0.4, 0.5) is 0 Å². The molecule has 28 heavy (non-hydrogen) atoms. The van der Waals surface area contributed by atoms with Gasteiger partial charge in [0.05, 0.1) is 14.9 Å². The summed E-state index contributed by atoms with van der Waals surface area (Å²) in [5.41, 5.74) is 2.07. The zero-order valence-corrected chi connectivity index (χ0v) is 16.5. The molecule has 2 aromatic carbocycles. The molecule has 7 nitrogen and oxygen atoms in total. The van der Waals surface area contributed by atoms with Crippen molar-refractivity contribution in [2.45, 2.75) is 11.5 Å². The van der Waals surface area contributed by atoms with E-state index >= 15 is 0 Å². The third kappa shape index (κ3) is 5.05. The van der Waals surface area contributed by atoms with Gasteiger partial charge in [-0.2, -0.15) is 0 Å². The second kappa shape index (κ2) is 8.66. The fraction of sp³-hybridized carbons (Fsp3) is 0.0556. The number of hydrogen-bond donors (Lipinski definition) is 2. The van der Waals surface area contributed by atoms with Crippen LogP contribution in [-0.2, 0) is 16.6 Å². The summed E-state index contributed by atoms with van der Waals surface area (Å²) in [6.07, 6.45) is 0. The predicted molar refractivity (Wildman–Crippen MR) is 104 cm³/mol. The van der Waals surface area contributed by atoms with Crippen LogP contribution in [0.2, 0.25) is 10.0 Å². The summed E-state index contributed by atoms with van der Waals surface area (Å²) in [6, 6.07) is 15.8. The molecule has 2 N–H and O–H groups in total. The lowest BCUT2D eigenvalue weighted by atomic mass is 10.3. The first-order valence-corrected chi connectivity index (χ1v) is 10.1. The Kier molecular flexibility index (Phi) is 6.25. The molecule has 0 aliphatic carbocycles. The molecule has 146 valence electrons. The topological polar surface area (TPSA) is 97.6 Å². The number of furan rings is 1. The van der Waals surface area contributed by atoms with Crippen LogP contribution in [0.1, 0.15) is 16.3 Å². The molecule has 0 unspecified atom stereocenters. The number of halogens is 2. The summed E-state index contributed by atoms with van der Waals surface area (Å²) < 4.78 is 35.3. The van der Waals surface area contributed by atoms with Gasteiger partial charge in [-0.3, -0.25) is 10.2 Å². The van der Waals surface area contributed by atoms with E-state index in [1.165, 1.54) is 24.3 Å². The number of hydrazine groups is 1. The molecule has 1 aromatic heterocycles. The fourth-order valence-electron chi connectivity index (χ4n) is 2.13. The lowest BCUT2D eigenvalue weighted by Gasteiger charge is -2.08. The van der Waals surface area contributed by atoms with Crippen molar-refractivity contribution >= 4 is 39.1 Å².